The van der Waals surface area contributed by atoms with Crippen LogP contribution in [0.3, 0.4) is 0 Å². The number of benzene rings is 4. The minimum atomic E-state index is -0.385. The van der Waals surface area contributed by atoms with Gasteiger partial charge in [-0.15, -0.1) is 0 Å². The molecule has 29 heavy (non-hydrogen) atoms. The second kappa shape index (κ2) is 8.88. The van der Waals surface area contributed by atoms with Gasteiger partial charge in [0.1, 0.15) is 0 Å². The van der Waals surface area contributed by atoms with Crippen molar-refractivity contribution >= 4 is 63.3 Å². The van der Waals surface area contributed by atoms with Gasteiger partial charge in [-0.25, -0.2) is 0 Å². The van der Waals surface area contributed by atoms with E-state index < -0.39 is 0 Å². The molecule has 0 unspecified atom stereocenters. The summed E-state index contributed by atoms with van der Waals surface area (Å²) in [7, 11) is -0.771. The molecule has 0 amide bonds. The molecule has 0 aliphatic carbocycles. The summed E-state index contributed by atoms with van der Waals surface area (Å²) in [6, 6.07) is 45.3. The molecule has 5 rings (SSSR count). The Kier molecular flexibility index (Phi) is 6.04. The summed E-state index contributed by atoms with van der Waals surface area (Å²) in [5.41, 5.74) is 0. The van der Waals surface area contributed by atoms with Crippen LogP contribution >= 0.6 is 15.8 Å². The van der Waals surface area contributed by atoms with Gasteiger partial charge >= 0.3 is 187 Å². The first-order valence-corrected chi connectivity index (χ1v) is 18.3. The van der Waals surface area contributed by atoms with Gasteiger partial charge in [0.25, 0.3) is 0 Å². The zero-order valence-corrected chi connectivity index (χ0v) is 21.0. The fraction of sp³-hybridized carbons (Fsp3) is 0.0400. The van der Waals surface area contributed by atoms with Crippen molar-refractivity contribution in [2.75, 3.05) is 0 Å². The maximum atomic E-state index is 2.37. The zero-order valence-electron chi connectivity index (χ0n) is 15.8. The van der Waals surface area contributed by atoms with Gasteiger partial charge in [0.15, 0.2) is 0 Å². The molecule has 0 radical (unpaired) electrons. The van der Waals surface area contributed by atoms with E-state index in [2.05, 4.69) is 121 Å². The van der Waals surface area contributed by atoms with Crippen molar-refractivity contribution in [1.82, 2.24) is 0 Å². The van der Waals surface area contributed by atoms with Gasteiger partial charge in [0.2, 0.25) is 0 Å². The Morgan fingerprint density at radius 1 is 0.379 bits per heavy atom. The van der Waals surface area contributed by atoms with E-state index in [1.807, 2.05) is 0 Å². The molecule has 0 bridgehead atoms. The molecule has 1 saturated heterocycles. The van der Waals surface area contributed by atoms with Gasteiger partial charge in [0, 0.05) is 0 Å². The third-order valence-electron chi connectivity index (χ3n) is 4.86. The molecule has 0 atom stereocenters. The van der Waals surface area contributed by atoms with Gasteiger partial charge in [-0.1, -0.05) is 0 Å². The van der Waals surface area contributed by atoms with E-state index in [0.717, 1.165) is 26.3 Å². The molecule has 0 N–H and O–H groups in total. The van der Waals surface area contributed by atoms with Crippen molar-refractivity contribution in [3.05, 3.63) is 121 Å². The summed E-state index contributed by atoms with van der Waals surface area (Å²) < 4.78 is 0.454. The van der Waals surface area contributed by atoms with E-state index in [4.69, 9.17) is 0 Å². The van der Waals surface area contributed by atoms with E-state index in [0.29, 0.717) is 2.69 Å². The average Bonchev–Trinajstić information content (AvgIpc) is 3.58. The topological polar surface area (TPSA) is 0 Å². The second-order valence-corrected chi connectivity index (χ2v) is 22.8. The first kappa shape index (κ1) is 19.7. The standard InChI is InChI=1S/C25H20P2Se2/c1-5-13-21(14-6-1)26(22-15-7-2-8-16-22)25(28-29-25)27(23-17-9-3-10-18-23)24-19-11-4-12-20-24/h1-20H. The summed E-state index contributed by atoms with van der Waals surface area (Å²) >= 11 is 1.43. The molecular weight excluding hydrogens is 520 g/mol. The van der Waals surface area contributed by atoms with Gasteiger partial charge in [-0.05, 0) is 0 Å². The quantitative estimate of drug-likeness (QED) is 0.254. The van der Waals surface area contributed by atoms with Crippen LogP contribution in [0.25, 0.3) is 0 Å². The van der Waals surface area contributed by atoms with Crippen LogP contribution < -0.4 is 21.2 Å². The maximum absolute atomic E-state index is 2.37. The summed E-state index contributed by atoms with van der Waals surface area (Å²) in [6.07, 6.45) is 0. The van der Waals surface area contributed by atoms with E-state index in [1.54, 1.807) is 0 Å². The van der Waals surface area contributed by atoms with Crippen molar-refractivity contribution in [3.63, 3.8) is 0 Å². The average molecular weight is 540 g/mol. The van der Waals surface area contributed by atoms with Crippen LogP contribution in [0.1, 0.15) is 0 Å². The van der Waals surface area contributed by atoms with Crippen LogP contribution in [0.5, 0.6) is 0 Å². The number of hydrogen-bond acceptors (Lipinski definition) is 0. The van der Waals surface area contributed by atoms with E-state index in [9.17, 15) is 0 Å². The van der Waals surface area contributed by atoms with Crippen LogP contribution in [0.15, 0.2) is 121 Å². The third kappa shape index (κ3) is 4.04. The third-order valence-corrected chi connectivity index (χ3v) is 29.1. The predicted molar refractivity (Wildman–Crippen MR) is 132 cm³/mol. The molecule has 1 fully saturated rings. The molecule has 4 aromatic rings. The normalized spacial score (nSPS) is 14.8. The van der Waals surface area contributed by atoms with E-state index in [1.165, 1.54) is 21.2 Å². The van der Waals surface area contributed by atoms with Crippen molar-refractivity contribution < 1.29 is 0 Å². The van der Waals surface area contributed by atoms with Crippen molar-refractivity contribution in [3.8, 4) is 0 Å². The Morgan fingerprint density at radius 3 is 0.828 bits per heavy atom. The molecule has 4 aromatic carbocycles. The van der Waals surface area contributed by atoms with Gasteiger partial charge in [-0.2, -0.15) is 0 Å². The van der Waals surface area contributed by atoms with E-state index >= 15 is 0 Å². The molecule has 0 spiro atoms. The molecule has 0 saturated carbocycles. The summed E-state index contributed by atoms with van der Waals surface area (Å²) in [5, 5.41) is 6.15. The Morgan fingerprint density at radius 2 is 0.621 bits per heavy atom. The van der Waals surface area contributed by atoms with Crippen LogP contribution in [-0.2, 0) is 0 Å². The summed E-state index contributed by atoms with van der Waals surface area (Å²) in [4.78, 5) is 0. The predicted octanol–water partition coefficient (Wildman–Crippen LogP) is 4.20. The van der Waals surface area contributed by atoms with E-state index in [-0.39, 0.29) is 15.8 Å². The Hall–Kier alpha value is -1.22. The Bertz CT molecular complexity index is 889. The number of rotatable bonds is 6. The fourth-order valence-electron chi connectivity index (χ4n) is 3.55. The first-order chi connectivity index (χ1) is 14.4. The summed E-state index contributed by atoms with van der Waals surface area (Å²) in [6.45, 7) is 0. The minimum absolute atomic E-state index is 0.385. The molecule has 0 aromatic heterocycles. The van der Waals surface area contributed by atoms with Crippen molar-refractivity contribution in [1.29, 1.82) is 0 Å². The van der Waals surface area contributed by atoms with Crippen molar-refractivity contribution in [2.24, 2.45) is 0 Å². The first-order valence-electron chi connectivity index (χ1n) is 9.56. The van der Waals surface area contributed by atoms with Crippen LogP contribution in [0.2, 0.25) is 0 Å². The zero-order chi connectivity index (χ0) is 19.5. The van der Waals surface area contributed by atoms with Crippen LogP contribution in [-0.4, -0.2) is 29.0 Å². The SMILES string of the molecule is c1ccc(P(c2ccccc2)C2(P(c3ccccc3)c3ccccc3)[Se][Se]2)cc1. The van der Waals surface area contributed by atoms with Gasteiger partial charge in [-0.3, -0.25) is 0 Å². The Labute approximate surface area is 186 Å². The molecule has 0 nitrogen and oxygen atoms in total. The molecule has 142 valence electrons. The summed E-state index contributed by atoms with van der Waals surface area (Å²) in [5.74, 6) is 0. The van der Waals surface area contributed by atoms with Gasteiger partial charge in [0.05, 0.1) is 0 Å². The molecule has 4 heteroatoms. The van der Waals surface area contributed by atoms with Crippen LogP contribution in [0.4, 0.5) is 0 Å². The molecule has 1 aliphatic rings. The second-order valence-electron chi connectivity index (χ2n) is 6.73. The fourth-order valence-corrected chi connectivity index (χ4v) is 29.7. The molecule has 1 aliphatic heterocycles. The molecular formula is C25H20P2Se2. The Balaban J connectivity index is 1.70. The van der Waals surface area contributed by atoms with Gasteiger partial charge < -0.3 is 0 Å². The monoisotopic (exact) mass is 542 g/mol. The van der Waals surface area contributed by atoms with Crippen LogP contribution in [0, 0.1) is 0 Å². The number of hydrogen-bond donors (Lipinski definition) is 0. The molecule has 1 heterocycles. The van der Waals surface area contributed by atoms with Crippen molar-refractivity contribution in [2.45, 2.75) is 2.69 Å².